The lowest BCUT2D eigenvalue weighted by Crippen LogP contribution is -2.40. The third-order valence-corrected chi connectivity index (χ3v) is 4.64. The average molecular weight is 321 g/mol. The Morgan fingerprint density at radius 3 is 2.64 bits per heavy atom. The molecule has 0 aliphatic heterocycles. The lowest BCUT2D eigenvalue weighted by atomic mass is 9.85. The van der Waals surface area contributed by atoms with Gasteiger partial charge in [0.15, 0.2) is 0 Å². The topological polar surface area (TPSA) is 66.4 Å². The van der Waals surface area contributed by atoms with Crippen molar-refractivity contribution in [1.82, 2.24) is 5.32 Å². The van der Waals surface area contributed by atoms with E-state index in [0.717, 1.165) is 30.4 Å². The van der Waals surface area contributed by atoms with Crippen LogP contribution in [0, 0.1) is 5.92 Å². The van der Waals surface area contributed by atoms with Gasteiger partial charge in [0.05, 0.1) is 5.92 Å². The molecule has 0 heterocycles. The minimum absolute atomic E-state index is 0.00229. The molecule has 1 amide bonds. The van der Waals surface area contributed by atoms with Gasteiger partial charge in [-0.15, -0.1) is 0 Å². The molecule has 22 heavy (non-hydrogen) atoms. The molecule has 1 aromatic carbocycles. The predicted octanol–water partition coefficient (Wildman–Crippen LogP) is 2.81. The highest BCUT2D eigenvalue weighted by Gasteiger charge is 2.27. The van der Waals surface area contributed by atoms with Crippen LogP contribution in [0.15, 0.2) is 24.3 Å². The van der Waals surface area contributed by atoms with E-state index in [2.05, 4.69) is 17.9 Å². The molecule has 0 bridgehead atoms. The van der Waals surface area contributed by atoms with Gasteiger partial charge < -0.3 is 10.4 Å². The summed E-state index contributed by atoms with van der Waals surface area (Å²) in [4.78, 5) is 23.1. The third kappa shape index (κ3) is 4.77. The van der Waals surface area contributed by atoms with E-state index >= 15 is 0 Å². The maximum Gasteiger partial charge on any atom is 0.306 e. The van der Waals surface area contributed by atoms with Gasteiger partial charge in [0, 0.05) is 18.2 Å². The minimum atomic E-state index is -0.748. The Morgan fingerprint density at radius 1 is 1.23 bits per heavy atom. The number of carboxylic acid groups (broad SMARTS) is 1. The van der Waals surface area contributed by atoms with Gasteiger partial charge in [-0.1, -0.05) is 30.7 Å². The zero-order valence-corrected chi connectivity index (χ0v) is 13.5. The van der Waals surface area contributed by atoms with Crippen LogP contribution in [0.3, 0.4) is 0 Å². The van der Waals surface area contributed by atoms with Crippen LogP contribution in [0.2, 0.25) is 0 Å². The number of aryl methyl sites for hydroxylation is 1. The zero-order chi connectivity index (χ0) is 15.9. The number of thiol groups is 1. The number of carboxylic acids is 1. The molecule has 2 atom stereocenters. The van der Waals surface area contributed by atoms with E-state index in [4.69, 9.17) is 5.11 Å². The van der Waals surface area contributed by atoms with E-state index in [1.54, 1.807) is 0 Å². The lowest BCUT2D eigenvalue weighted by Gasteiger charge is -2.27. The fourth-order valence-corrected chi connectivity index (χ4v) is 3.36. The number of aliphatic carboxylic acids is 1. The Hall–Kier alpha value is -1.49. The summed E-state index contributed by atoms with van der Waals surface area (Å²) in [6, 6.07) is 8.00. The second-order valence-corrected chi connectivity index (χ2v) is 6.21. The van der Waals surface area contributed by atoms with Crippen LogP contribution in [0.25, 0.3) is 0 Å². The normalized spacial score (nSPS) is 21.3. The molecule has 2 N–H and O–H groups in total. The second-order valence-electron chi connectivity index (χ2n) is 5.89. The first-order valence-electron chi connectivity index (χ1n) is 7.80. The van der Waals surface area contributed by atoms with Crippen molar-refractivity contribution < 1.29 is 14.7 Å². The largest absolute Gasteiger partial charge is 0.481 e. The number of hydrogen-bond donors (Lipinski definition) is 3. The van der Waals surface area contributed by atoms with Gasteiger partial charge >= 0.3 is 5.97 Å². The minimum Gasteiger partial charge on any atom is -0.481 e. The maximum absolute atomic E-state index is 12.1. The SMILES string of the molecule is O=C(CCc1ccccc1CS)NC1CCCC(C(=O)O)C1. The standard InChI is InChI=1S/C17H23NO3S/c19-16(9-8-12-4-1-2-5-14(12)11-22)18-15-7-3-6-13(10-15)17(20)21/h1-2,4-5,13,15,22H,3,6-11H2,(H,18,19)(H,20,21). The molecule has 2 rings (SSSR count). The van der Waals surface area contributed by atoms with Crippen molar-refractivity contribution >= 4 is 24.5 Å². The maximum atomic E-state index is 12.1. The summed E-state index contributed by atoms with van der Waals surface area (Å²) in [5.41, 5.74) is 2.31. The zero-order valence-electron chi connectivity index (χ0n) is 12.6. The van der Waals surface area contributed by atoms with E-state index in [0.29, 0.717) is 25.0 Å². The summed E-state index contributed by atoms with van der Waals surface area (Å²) in [6.07, 6.45) is 4.13. The highest BCUT2D eigenvalue weighted by atomic mass is 32.1. The summed E-state index contributed by atoms with van der Waals surface area (Å²) in [5.74, 6) is -0.392. The van der Waals surface area contributed by atoms with E-state index in [9.17, 15) is 9.59 Å². The first kappa shape index (κ1) is 16.9. The van der Waals surface area contributed by atoms with Crippen LogP contribution in [0.1, 0.15) is 43.2 Å². The number of rotatable bonds is 6. The predicted molar refractivity (Wildman–Crippen MR) is 89.0 cm³/mol. The van der Waals surface area contributed by atoms with Crippen LogP contribution in [0.4, 0.5) is 0 Å². The Balaban J connectivity index is 1.81. The van der Waals surface area contributed by atoms with E-state index in [1.807, 2.05) is 24.3 Å². The molecule has 120 valence electrons. The monoisotopic (exact) mass is 321 g/mol. The summed E-state index contributed by atoms with van der Waals surface area (Å²) < 4.78 is 0. The number of carbonyl (C=O) groups is 2. The molecule has 4 nitrogen and oxygen atoms in total. The molecule has 1 aliphatic carbocycles. The van der Waals surface area contributed by atoms with Crippen LogP contribution in [0.5, 0.6) is 0 Å². The van der Waals surface area contributed by atoms with Crippen molar-refractivity contribution in [3.63, 3.8) is 0 Å². The van der Waals surface area contributed by atoms with Crippen molar-refractivity contribution in [3.05, 3.63) is 35.4 Å². The van der Waals surface area contributed by atoms with Crippen molar-refractivity contribution in [2.75, 3.05) is 0 Å². The van der Waals surface area contributed by atoms with Crippen molar-refractivity contribution in [2.45, 2.75) is 50.3 Å². The summed E-state index contributed by atoms with van der Waals surface area (Å²) in [7, 11) is 0. The quantitative estimate of drug-likeness (QED) is 0.706. The molecular formula is C17H23NO3S. The van der Waals surface area contributed by atoms with Crippen molar-refractivity contribution in [2.24, 2.45) is 5.92 Å². The van der Waals surface area contributed by atoms with Crippen LogP contribution < -0.4 is 5.32 Å². The highest BCUT2D eigenvalue weighted by Crippen LogP contribution is 2.24. The first-order chi connectivity index (χ1) is 10.6. The van der Waals surface area contributed by atoms with Crippen LogP contribution in [-0.4, -0.2) is 23.0 Å². The molecule has 1 fully saturated rings. The molecule has 1 aromatic rings. The van der Waals surface area contributed by atoms with Crippen molar-refractivity contribution in [1.29, 1.82) is 0 Å². The number of benzene rings is 1. The summed E-state index contributed by atoms with van der Waals surface area (Å²) in [5, 5.41) is 12.1. The van der Waals surface area contributed by atoms with Gasteiger partial charge in [0.2, 0.25) is 5.91 Å². The summed E-state index contributed by atoms with van der Waals surface area (Å²) >= 11 is 4.30. The van der Waals surface area contributed by atoms with Gasteiger partial charge in [-0.25, -0.2) is 0 Å². The van der Waals surface area contributed by atoms with Gasteiger partial charge in [-0.3, -0.25) is 9.59 Å². The van der Waals surface area contributed by atoms with Gasteiger partial charge in [0.25, 0.3) is 0 Å². The molecule has 0 radical (unpaired) electrons. The molecule has 2 unspecified atom stereocenters. The van der Waals surface area contributed by atoms with Gasteiger partial charge in [-0.05, 0) is 36.8 Å². The Bertz CT molecular complexity index is 532. The molecule has 0 spiro atoms. The van der Waals surface area contributed by atoms with Crippen molar-refractivity contribution in [3.8, 4) is 0 Å². The van der Waals surface area contributed by atoms with Crippen LogP contribution >= 0.6 is 12.6 Å². The van der Waals surface area contributed by atoms with Crippen LogP contribution in [-0.2, 0) is 21.8 Å². The van der Waals surface area contributed by atoms with Gasteiger partial charge in [0.1, 0.15) is 0 Å². The number of carbonyl (C=O) groups excluding carboxylic acids is 1. The Morgan fingerprint density at radius 2 is 1.95 bits per heavy atom. The first-order valence-corrected chi connectivity index (χ1v) is 8.43. The fourth-order valence-electron chi connectivity index (χ4n) is 3.05. The fraction of sp³-hybridized carbons (Fsp3) is 0.529. The lowest BCUT2D eigenvalue weighted by molar-refractivity contribution is -0.143. The van der Waals surface area contributed by atoms with Gasteiger partial charge in [-0.2, -0.15) is 12.6 Å². The van der Waals surface area contributed by atoms with E-state index in [1.165, 1.54) is 0 Å². The molecule has 1 saturated carbocycles. The number of nitrogens with one attached hydrogen (secondary N) is 1. The molecular weight excluding hydrogens is 298 g/mol. The molecule has 0 saturated heterocycles. The van der Waals surface area contributed by atoms with E-state index < -0.39 is 5.97 Å². The average Bonchev–Trinajstić information content (AvgIpc) is 2.53. The highest BCUT2D eigenvalue weighted by molar-refractivity contribution is 7.79. The molecule has 1 aliphatic rings. The Kier molecular flexibility index (Phi) is 6.31. The summed E-state index contributed by atoms with van der Waals surface area (Å²) in [6.45, 7) is 0. The second kappa shape index (κ2) is 8.22. The smallest absolute Gasteiger partial charge is 0.306 e. The number of amides is 1. The Labute approximate surface area is 136 Å². The third-order valence-electron chi connectivity index (χ3n) is 4.30. The number of hydrogen-bond acceptors (Lipinski definition) is 3. The molecule has 5 heteroatoms. The van der Waals surface area contributed by atoms with E-state index in [-0.39, 0.29) is 17.9 Å². The molecule has 0 aromatic heterocycles.